The van der Waals surface area contributed by atoms with Crippen LogP contribution in [0.4, 0.5) is 0 Å². The second-order valence-electron chi connectivity index (χ2n) is 5.00. The summed E-state index contributed by atoms with van der Waals surface area (Å²) in [6.07, 6.45) is 0. The largest absolute Gasteiger partial charge is 0.505 e. The number of halogens is 1. The highest BCUT2D eigenvalue weighted by molar-refractivity contribution is 6.18. The number of para-hydroxylation sites is 1. The molecule has 1 heterocycles. The van der Waals surface area contributed by atoms with E-state index in [9.17, 15) is 9.90 Å². The topological polar surface area (TPSA) is 68.7 Å². The number of fused-ring (bicyclic) bond motifs is 1. The van der Waals surface area contributed by atoms with Crippen molar-refractivity contribution in [1.82, 2.24) is 4.98 Å². The van der Waals surface area contributed by atoms with Crippen molar-refractivity contribution < 1.29 is 19.4 Å². The highest BCUT2D eigenvalue weighted by Gasteiger charge is 2.19. The number of carbonyl (C=O) groups excluding carboxylic acids is 1. The van der Waals surface area contributed by atoms with Crippen LogP contribution < -0.4 is 4.74 Å². The van der Waals surface area contributed by atoms with E-state index in [4.69, 9.17) is 16.3 Å². The fourth-order valence-electron chi connectivity index (χ4n) is 2.37. The third-order valence-corrected chi connectivity index (χ3v) is 3.77. The SMILES string of the molecule is COC(=O)c1nc(CCl)c2cc(Oc3ccccc3)ccc2c1O. The molecule has 0 aliphatic carbocycles. The molecule has 0 atom stereocenters. The molecule has 0 unspecified atom stereocenters. The van der Waals surface area contributed by atoms with E-state index < -0.39 is 5.97 Å². The first-order valence-corrected chi connectivity index (χ1v) is 7.70. The molecule has 6 heteroatoms. The molecular weight excluding hydrogens is 330 g/mol. The van der Waals surface area contributed by atoms with Crippen molar-refractivity contribution in [2.75, 3.05) is 7.11 Å². The Labute approximate surface area is 143 Å². The van der Waals surface area contributed by atoms with Gasteiger partial charge in [-0.3, -0.25) is 0 Å². The molecule has 5 nitrogen and oxygen atoms in total. The van der Waals surface area contributed by atoms with E-state index in [1.54, 1.807) is 18.2 Å². The lowest BCUT2D eigenvalue weighted by Crippen LogP contribution is -2.07. The summed E-state index contributed by atoms with van der Waals surface area (Å²) in [6, 6.07) is 14.4. The average molecular weight is 344 g/mol. The lowest BCUT2D eigenvalue weighted by Gasteiger charge is -2.11. The van der Waals surface area contributed by atoms with E-state index in [1.807, 2.05) is 30.3 Å². The van der Waals surface area contributed by atoms with E-state index >= 15 is 0 Å². The van der Waals surface area contributed by atoms with Crippen LogP contribution in [0.25, 0.3) is 10.8 Å². The van der Waals surface area contributed by atoms with Crippen molar-refractivity contribution in [3.63, 3.8) is 0 Å². The molecule has 122 valence electrons. The van der Waals surface area contributed by atoms with Gasteiger partial charge in [0.25, 0.3) is 0 Å². The predicted molar refractivity (Wildman–Crippen MR) is 90.8 cm³/mol. The maximum atomic E-state index is 11.7. The molecule has 0 spiro atoms. The van der Waals surface area contributed by atoms with Crippen LogP contribution in [-0.2, 0) is 10.6 Å². The van der Waals surface area contributed by atoms with Crippen LogP contribution in [0.1, 0.15) is 16.2 Å². The van der Waals surface area contributed by atoms with Crippen LogP contribution >= 0.6 is 11.6 Å². The number of nitrogens with zero attached hydrogens (tertiary/aromatic N) is 1. The van der Waals surface area contributed by atoms with Gasteiger partial charge in [-0.05, 0) is 30.3 Å². The Kier molecular flexibility index (Phi) is 4.53. The molecule has 1 N–H and O–H groups in total. The summed E-state index contributed by atoms with van der Waals surface area (Å²) in [6.45, 7) is 0. The number of methoxy groups -OCH3 is 1. The Morgan fingerprint density at radius 2 is 1.88 bits per heavy atom. The minimum atomic E-state index is -0.717. The smallest absolute Gasteiger partial charge is 0.360 e. The zero-order valence-corrected chi connectivity index (χ0v) is 13.6. The summed E-state index contributed by atoms with van der Waals surface area (Å²) >= 11 is 5.95. The monoisotopic (exact) mass is 343 g/mol. The van der Waals surface area contributed by atoms with Gasteiger partial charge in [-0.2, -0.15) is 0 Å². The van der Waals surface area contributed by atoms with Gasteiger partial charge in [-0.1, -0.05) is 18.2 Å². The Morgan fingerprint density at radius 1 is 1.12 bits per heavy atom. The van der Waals surface area contributed by atoms with Crippen molar-refractivity contribution in [2.45, 2.75) is 5.88 Å². The van der Waals surface area contributed by atoms with Gasteiger partial charge >= 0.3 is 5.97 Å². The van der Waals surface area contributed by atoms with Gasteiger partial charge in [0.15, 0.2) is 11.4 Å². The molecule has 0 fully saturated rings. The first-order valence-electron chi connectivity index (χ1n) is 7.17. The number of esters is 1. The molecule has 2 aromatic carbocycles. The van der Waals surface area contributed by atoms with Crippen molar-refractivity contribution in [1.29, 1.82) is 0 Å². The second kappa shape index (κ2) is 6.76. The number of hydrogen-bond donors (Lipinski definition) is 1. The van der Waals surface area contributed by atoms with Crippen LogP contribution in [-0.4, -0.2) is 23.2 Å². The molecule has 0 saturated carbocycles. The first kappa shape index (κ1) is 16.1. The van der Waals surface area contributed by atoms with Crippen molar-refractivity contribution >= 4 is 28.3 Å². The van der Waals surface area contributed by atoms with Gasteiger partial charge in [0.2, 0.25) is 0 Å². The predicted octanol–water partition coefficient (Wildman–Crippen LogP) is 4.26. The molecule has 3 aromatic rings. The molecule has 0 aliphatic rings. The zero-order valence-electron chi connectivity index (χ0n) is 12.8. The number of pyridine rings is 1. The highest BCUT2D eigenvalue weighted by Crippen LogP contribution is 2.34. The molecule has 0 saturated heterocycles. The number of rotatable bonds is 4. The van der Waals surface area contributed by atoms with Crippen LogP contribution in [0.2, 0.25) is 0 Å². The van der Waals surface area contributed by atoms with E-state index in [2.05, 4.69) is 9.72 Å². The third-order valence-electron chi connectivity index (χ3n) is 3.51. The van der Waals surface area contributed by atoms with E-state index in [0.29, 0.717) is 28.0 Å². The molecule has 0 aliphatic heterocycles. The standard InChI is InChI=1S/C18H14ClNO4/c1-23-18(22)16-17(21)13-8-7-12(9-14(13)15(10-19)20-16)24-11-5-3-2-4-6-11/h2-9,21H,10H2,1H3. The number of aromatic hydroxyl groups is 1. The van der Waals surface area contributed by atoms with E-state index in [0.717, 1.165) is 0 Å². The molecule has 24 heavy (non-hydrogen) atoms. The summed E-state index contributed by atoms with van der Waals surface area (Å²) in [4.78, 5) is 15.9. The Morgan fingerprint density at radius 3 is 2.54 bits per heavy atom. The number of hydrogen-bond acceptors (Lipinski definition) is 5. The lowest BCUT2D eigenvalue weighted by atomic mass is 10.1. The number of benzene rings is 2. The number of aromatic nitrogens is 1. The second-order valence-corrected chi connectivity index (χ2v) is 5.27. The summed E-state index contributed by atoms with van der Waals surface area (Å²) in [5.74, 6) is 0.386. The number of carbonyl (C=O) groups is 1. The van der Waals surface area contributed by atoms with Gasteiger partial charge < -0.3 is 14.6 Å². The van der Waals surface area contributed by atoms with Gasteiger partial charge in [-0.25, -0.2) is 9.78 Å². The van der Waals surface area contributed by atoms with Crippen molar-refractivity contribution in [2.24, 2.45) is 0 Å². The Bertz CT molecular complexity index is 896. The van der Waals surface area contributed by atoms with Gasteiger partial charge in [0.1, 0.15) is 11.5 Å². The van der Waals surface area contributed by atoms with Crippen LogP contribution in [0.5, 0.6) is 17.2 Å². The molecule has 3 rings (SSSR count). The number of ether oxygens (including phenoxy) is 2. The molecule has 0 bridgehead atoms. The lowest BCUT2D eigenvalue weighted by molar-refractivity contribution is 0.0590. The molecule has 1 aromatic heterocycles. The highest BCUT2D eigenvalue weighted by atomic mass is 35.5. The van der Waals surface area contributed by atoms with Gasteiger partial charge in [0.05, 0.1) is 18.7 Å². The van der Waals surface area contributed by atoms with Crippen LogP contribution in [0, 0.1) is 0 Å². The van der Waals surface area contributed by atoms with Gasteiger partial charge in [-0.15, -0.1) is 11.6 Å². The molecule has 0 radical (unpaired) electrons. The summed E-state index contributed by atoms with van der Waals surface area (Å²) < 4.78 is 10.4. The first-order chi connectivity index (χ1) is 11.6. The number of alkyl halides is 1. The maximum absolute atomic E-state index is 11.7. The van der Waals surface area contributed by atoms with Gasteiger partial charge in [0, 0.05) is 10.8 Å². The fourth-order valence-corrected chi connectivity index (χ4v) is 2.58. The van der Waals surface area contributed by atoms with Crippen LogP contribution in [0.3, 0.4) is 0 Å². The normalized spacial score (nSPS) is 10.6. The quantitative estimate of drug-likeness (QED) is 0.566. The molecular formula is C18H14ClNO4. The average Bonchev–Trinajstić information content (AvgIpc) is 2.62. The van der Waals surface area contributed by atoms with E-state index in [1.165, 1.54) is 7.11 Å². The summed E-state index contributed by atoms with van der Waals surface area (Å²) in [5, 5.41) is 11.4. The minimum Gasteiger partial charge on any atom is -0.505 e. The third kappa shape index (κ3) is 2.98. The van der Waals surface area contributed by atoms with Crippen molar-refractivity contribution in [3.8, 4) is 17.2 Å². The Balaban J connectivity index is 2.11. The summed E-state index contributed by atoms with van der Waals surface area (Å²) in [5.41, 5.74) is 0.306. The fraction of sp³-hybridized carbons (Fsp3) is 0.111. The maximum Gasteiger partial charge on any atom is 0.360 e. The van der Waals surface area contributed by atoms with Crippen LogP contribution in [0.15, 0.2) is 48.5 Å². The van der Waals surface area contributed by atoms with E-state index in [-0.39, 0.29) is 17.3 Å². The summed E-state index contributed by atoms with van der Waals surface area (Å²) in [7, 11) is 1.23. The molecule has 0 amide bonds. The Hall–Kier alpha value is -2.79. The zero-order chi connectivity index (χ0) is 17.1. The van der Waals surface area contributed by atoms with Crippen molar-refractivity contribution in [3.05, 3.63) is 59.9 Å². The minimum absolute atomic E-state index is 0.0789.